The first-order valence-electron chi connectivity index (χ1n) is 7.12. The van der Waals surface area contributed by atoms with E-state index in [4.69, 9.17) is 0 Å². The lowest BCUT2D eigenvalue weighted by atomic mass is 10.1. The molecule has 4 nitrogen and oxygen atoms in total. The van der Waals surface area contributed by atoms with Gasteiger partial charge in [0, 0.05) is 22.8 Å². The first-order valence-corrected chi connectivity index (χ1v) is 7.91. The van der Waals surface area contributed by atoms with E-state index in [0.29, 0.717) is 0 Å². The Morgan fingerprint density at radius 2 is 1.71 bits per heavy atom. The van der Waals surface area contributed by atoms with Gasteiger partial charge in [0.1, 0.15) is 18.0 Å². The van der Waals surface area contributed by atoms with Crippen molar-refractivity contribution in [3.8, 4) is 0 Å². The largest absolute Gasteiger partial charge is 0.373 e. The predicted molar refractivity (Wildman–Crippen MR) is 92.5 cm³/mol. The monoisotopic (exact) mass is 348 g/mol. The number of aromatic nitrogens is 2. The van der Waals surface area contributed by atoms with E-state index < -0.39 is 0 Å². The highest BCUT2D eigenvalue weighted by molar-refractivity contribution is 9.10. The van der Waals surface area contributed by atoms with Crippen LogP contribution in [0.4, 0.5) is 17.3 Å². The number of aryl methyl sites for hydroxylation is 2. The fourth-order valence-corrected chi connectivity index (χ4v) is 2.61. The van der Waals surface area contributed by atoms with Crippen LogP contribution in [0.1, 0.15) is 30.0 Å². The van der Waals surface area contributed by atoms with Crippen molar-refractivity contribution >= 4 is 33.3 Å². The topological polar surface area (TPSA) is 49.8 Å². The molecule has 0 fully saturated rings. The summed E-state index contributed by atoms with van der Waals surface area (Å²) in [5.41, 5.74) is 4.59. The second-order valence-corrected chi connectivity index (χ2v) is 5.89. The molecule has 0 aliphatic rings. The normalized spacial score (nSPS) is 10.5. The summed E-state index contributed by atoms with van der Waals surface area (Å²) >= 11 is 3.60. The summed E-state index contributed by atoms with van der Waals surface area (Å²) in [7, 11) is 1.89. The SMILES string of the molecule is CCCc1c(NC)ncnc1Nc1cc(C)c(Br)c(C)c1. The molecule has 2 rings (SSSR count). The first kappa shape index (κ1) is 15.8. The molecule has 0 spiro atoms. The zero-order chi connectivity index (χ0) is 15.4. The van der Waals surface area contributed by atoms with Crippen LogP contribution < -0.4 is 10.6 Å². The molecule has 2 aromatic rings. The molecule has 0 aliphatic carbocycles. The molecule has 0 saturated carbocycles. The summed E-state index contributed by atoms with van der Waals surface area (Å²) in [4.78, 5) is 8.71. The quantitative estimate of drug-likeness (QED) is 0.829. The van der Waals surface area contributed by atoms with Gasteiger partial charge in [0.25, 0.3) is 0 Å². The third-order valence-corrected chi connectivity index (χ3v) is 4.63. The van der Waals surface area contributed by atoms with Crippen molar-refractivity contribution < 1.29 is 0 Å². The van der Waals surface area contributed by atoms with Gasteiger partial charge >= 0.3 is 0 Å². The molecular formula is C16H21BrN4. The average molecular weight is 349 g/mol. The molecule has 112 valence electrons. The zero-order valence-corrected chi connectivity index (χ0v) is 14.5. The number of benzene rings is 1. The molecule has 0 radical (unpaired) electrons. The van der Waals surface area contributed by atoms with Crippen molar-refractivity contribution in [3.63, 3.8) is 0 Å². The number of rotatable bonds is 5. The lowest BCUT2D eigenvalue weighted by Gasteiger charge is -2.15. The second-order valence-electron chi connectivity index (χ2n) is 5.10. The van der Waals surface area contributed by atoms with Crippen LogP contribution in [0, 0.1) is 13.8 Å². The van der Waals surface area contributed by atoms with Gasteiger partial charge in [0.15, 0.2) is 0 Å². The minimum absolute atomic E-state index is 0.873. The Bertz CT molecular complexity index is 617. The van der Waals surface area contributed by atoms with Gasteiger partial charge in [-0.25, -0.2) is 9.97 Å². The lowest BCUT2D eigenvalue weighted by Crippen LogP contribution is -2.05. The lowest BCUT2D eigenvalue weighted by molar-refractivity contribution is 0.905. The van der Waals surface area contributed by atoms with Crippen molar-refractivity contribution in [2.24, 2.45) is 0 Å². The Kier molecular flexibility index (Phi) is 5.17. The summed E-state index contributed by atoms with van der Waals surface area (Å²) in [5, 5.41) is 6.57. The van der Waals surface area contributed by atoms with E-state index in [9.17, 15) is 0 Å². The molecule has 1 aromatic heterocycles. The van der Waals surface area contributed by atoms with E-state index in [0.717, 1.165) is 40.2 Å². The third-order valence-electron chi connectivity index (χ3n) is 3.38. The van der Waals surface area contributed by atoms with Crippen molar-refractivity contribution in [2.75, 3.05) is 17.7 Å². The molecule has 0 bridgehead atoms. The number of hydrogen-bond acceptors (Lipinski definition) is 4. The summed E-state index contributed by atoms with van der Waals surface area (Å²) in [6, 6.07) is 4.24. The van der Waals surface area contributed by atoms with Crippen LogP contribution >= 0.6 is 15.9 Å². The minimum atomic E-state index is 0.873. The van der Waals surface area contributed by atoms with Crippen LogP contribution in [0.3, 0.4) is 0 Å². The zero-order valence-electron chi connectivity index (χ0n) is 12.9. The third kappa shape index (κ3) is 3.53. The van der Waals surface area contributed by atoms with Crippen LogP contribution in [0.5, 0.6) is 0 Å². The second kappa shape index (κ2) is 6.89. The maximum absolute atomic E-state index is 4.41. The van der Waals surface area contributed by atoms with Crippen LogP contribution in [-0.2, 0) is 6.42 Å². The van der Waals surface area contributed by atoms with Gasteiger partial charge in [0.05, 0.1) is 0 Å². The van der Waals surface area contributed by atoms with Crippen molar-refractivity contribution in [3.05, 3.63) is 39.6 Å². The molecule has 1 heterocycles. The Balaban J connectivity index is 2.39. The van der Waals surface area contributed by atoms with E-state index in [1.807, 2.05) is 7.05 Å². The molecule has 2 N–H and O–H groups in total. The molecule has 0 saturated heterocycles. The first-order chi connectivity index (χ1) is 10.1. The van der Waals surface area contributed by atoms with Crippen LogP contribution in [-0.4, -0.2) is 17.0 Å². The van der Waals surface area contributed by atoms with E-state index in [2.05, 4.69) is 69.4 Å². The van der Waals surface area contributed by atoms with Crippen LogP contribution in [0.25, 0.3) is 0 Å². The van der Waals surface area contributed by atoms with Gasteiger partial charge in [-0.15, -0.1) is 0 Å². The number of anilines is 3. The number of hydrogen-bond donors (Lipinski definition) is 2. The van der Waals surface area contributed by atoms with E-state index in [1.165, 1.54) is 11.1 Å². The Labute approximate surface area is 134 Å². The van der Waals surface area contributed by atoms with Gasteiger partial charge in [-0.05, 0) is 43.5 Å². The predicted octanol–water partition coefficient (Wildman–Crippen LogP) is 4.59. The maximum Gasteiger partial charge on any atom is 0.139 e. The highest BCUT2D eigenvalue weighted by atomic mass is 79.9. The average Bonchev–Trinajstić information content (AvgIpc) is 2.46. The summed E-state index contributed by atoms with van der Waals surface area (Å²) in [6.07, 6.45) is 3.58. The van der Waals surface area contributed by atoms with Crippen molar-refractivity contribution in [2.45, 2.75) is 33.6 Å². The summed E-state index contributed by atoms with van der Waals surface area (Å²) in [5.74, 6) is 1.76. The standard InChI is InChI=1S/C16H21BrN4/c1-5-6-13-15(18-4)19-9-20-16(13)21-12-7-10(2)14(17)11(3)8-12/h7-9H,5-6H2,1-4H3,(H2,18,19,20,21). The van der Waals surface area contributed by atoms with Gasteiger partial charge in [-0.2, -0.15) is 0 Å². The van der Waals surface area contributed by atoms with Gasteiger partial charge in [-0.1, -0.05) is 29.3 Å². The molecule has 5 heteroatoms. The van der Waals surface area contributed by atoms with Crippen molar-refractivity contribution in [1.82, 2.24) is 9.97 Å². The Morgan fingerprint density at radius 1 is 1.10 bits per heavy atom. The Morgan fingerprint density at radius 3 is 2.29 bits per heavy atom. The Hall–Kier alpha value is -1.62. The van der Waals surface area contributed by atoms with E-state index in [-0.39, 0.29) is 0 Å². The van der Waals surface area contributed by atoms with Crippen LogP contribution in [0.15, 0.2) is 22.9 Å². The fraction of sp³-hybridized carbons (Fsp3) is 0.375. The smallest absolute Gasteiger partial charge is 0.139 e. The van der Waals surface area contributed by atoms with E-state index >= 15 is 0 Å². The highest BCUT2D eigenvalue weighted by Gasteiger charge is 2.11. The summed E-state index contributed by atoms with van der Waals surface area (Å²) < 4.78 is 1.15. The maximum atomic E-state index is 4.41. The molecule has 0 aliphatic heterocycles. The molecule has 0 atom stereocenters. The number of nitrogens with one attached hydrogen (secondary N) is 2. The van der Waals surface area contributed by atoms with Gasteiger partial charge in [0.2, 0.25) is 0 Å². The molecular weight excluding hydrogens is 328 g/mol. The molecule has 0 amide bonds. The molecule has 21 heavy (non-hydrogen) atoms. The minimum Gasteiger partial charge on any atom is -0.373 e. The van der Waals surface area contributed by atoms with Gasteiger partial charge < -0.3 is 10.6 Å². The van der Waals surface area contributed by atoms with Crippen molar-refractivity contribution in [1.29, 1.82) is 0 Å². The molecule has 1 aromatic carbocycles. The highest BCUT2D eigenvalue weighted by Crippen LogP contribution is 2.29. The van der Waals surface area contributed by atoms with Gasteiger partial charge in [-0.3, -0.25) is 0 Å². The van der Waals surface area contributed by atoms with E-state index in [1.54, 1.807) is 6.33 Å². The summed E-state index contributed by atoms with van der Waals surface area (Å²) in [6.45, 7) is 6.34. The number of nitrogens with zero attached hydrogens (tertiary/aromatic N) is 2. The molecule has 0 unspecified atom stereocenters. The number of halogens is 1. The fourth-order valence-electron chi connectivity index (χ4n) is 2.38. The van der Waals surface area contributed by atoms with Crippen LogP contribution in [0.2, 0.25) is 0 Å².